The van der Waals surface area contributed by atoms with Crippen molar-refractivity contribution < 1.29 is 22.1 Å². The lowest BCUT2D eigenvalue weighted by Gasteiger charge is -2.07. The largest absolute Gasteiger partial charge is 0.403 e. The number of aliphatic imine (C=N–C) groups is 1. The number of fused-ring (bicyclic) bond motifs is 1. The summed E-state index contributed by atoms with van der Waals surface area (Å²) in [5.41, 5.74) is 0.534. The predicted octanol–water partition coefficient (Wildman–Crippen LogP) is 1.35. The molecule has 1 heterocycles. The number of hydrogen-bond donors (Lipinski definition) is 0. The van der Waals surface area contributed by atoms with Crippen LogP contribution in [0.5, 0.6) is 5.75 Å². The average molecular weight is 283 g/mol. The molecule has 0 unspecified atom stereocenters. The number of carbonyl (C=O) groups is 1. The van der Waals surface area contributed by atoms with Gasteiger partial charge in [-0.25, -0.2) is 9.79 Å². The van der Waals surface area contributed by atoms with Gasteiger partial charge in [-0.05, 0) is 26.0 Å². The van der Waals surface area contributed by atoms with Gasteiger partial charge >= 0.3 is 16.1 Å². The summed E-state index contributed by atoms with van der Waals surface area (Å²) < 4.78 is 32.3. The van der Waals surface area contributed by atoms with Crippen molar-refractivity contribution in [2.75, 3.05) is 6.26 Å². The van der Waals surface area contributed by atoms with Crippen molar-refractivity contribution in [1.29, 1.82) is 0 Å². The Kier molecular flexibility index (Phi) is 3.32. The molecule has 0 aromatic heterocycles. The minimum Gasteiger partial charge on any atom is -0.403 e. The highest BCUT2D eigenvalue weighted by Gasteiger charge is 2.32. The van der Waals surface area contributed by atoms with Crippen molar-refractivity contribution in [2.45, 2.75) is 19.9 Å². The van der Waals surface area contributed by atoms with Crippen LogP contribution in [0.4, 0.5) is 0 Å². The third-order valence-corrected chi connectivity index (χ3v) is 2.75. The van der Waals surface area contributed by atoms with Crippen molar-refractivity contribution in [3.63, 3.8) is 0 Å². The van der Waals surface area contributed by atoms with E-state index in [0.717, 1.165) is 6.26 Å². The second-order valence-electron chi connectivity index (χ2n) is 4.38. The Bertz CT molecular complexity index is 661. The van der Waals surface area contributed by atoms with E-state index in [4.69, 9.17) is 8.92 Å². The van der Waals surface area contributed by atoms with Gasteiger partial charge in [0.15, 0.2) is 5.75 Å². The predicted molar refractivity (Wildman–Crippen MR) is 69.0 cm³/mol. The average Bonchev–Trinajstić information content (AvgIpc) is 2.54. The van der Waals surface area contributed by atoms with Gasteiger partial charge in [0.2, 0.25) is 5.90 Å². The van der Waals surface area contributed by atoms with Gasteiger partial charge in [0.1, 0.15) is 0 Å². The maximum atomic E-state index is 11.7. The second kappa shape index (κ2) is 4.65. The van der Waals surface area contributed by atoms with Crippen molar-refractivity contribution >= 4 is 22.0 Å². The molecule has 0 aliphatic carbocycles. The first kappa shape index (κ1) is 13.5. The molecule has 6 nitrogen and oxygen atoms in total. The van der Waals surface area contributed by atoms with E-state index in [2.05, 4.69) is 4.99 Å². The molecule has 19 heavy (non-hydrogen) atoms. The van der Waals surface area contributed by atoms with Crippen LogP contribution in [-0.4, -0.2) is 32.6 Å². The topological polar surface area (TPSA) is 82.0 Å². The summed E-state index contributed by atoms with van der Waals surface area (Å²) in [6.07, 6.45) is 0.934. The van der Waals surface area contributed by atoms with E-state index in [1.807, 2.05) is 13.8 Å². The summed E-state index contributed by atoms with van der Waals surface area (Å²) in [5.74, 6) is -0.423. The highest BCUT2D eigenvalue weighted by atomic mass is 32.2. The van der Waals surface area contributed by atoms with Gasteiger partial charge in [-0.3, -0.25) is 0 Å². The van der Waals surface area contributed by atoms with Crippen LogP contribution in [0.15, 0.2) is 23.2 Å². The number of ether oxygens (including phenoxy) is 1. The summed E-state index contributed by atoms with van der Waals surface area (Å²) >= 11 is 0. The van der Waals surface area contributed by atoms with E-state index >= 15 is 0 Å². The smallest absolute Gasteiger partial charge is 0.345 e. The van der Waals surface area contributed by atoms with E-state index in [-0.39, 0.29) is 28.8 Å². The van der Waals surface area contributed by atoms with Crippen molar-refractivity contribution in [3.8, 4) is 5.75 Å². The number of nitrogens with zero attached hydrogens (tertiary/aromatic N) is 1. The number of hydrogen-bond acceptors (Lipinski definition) is 6. The Balaban J connectivity index is 2.59. The molecule has 1 aromatic carbocycles. The highest BCUT2D eigenvalue weighted by Crippen LogP contribution is 2.30. The van der Waals surface area contributed by atoms with Gasteiger partial charge < -0.3 is 8.92 Å². The summed E-state index contributed by atoms with van der Waals surface area (Å²) in [7, 11) is -3.69. The SMILES string of the molecule is CC(C)/N=C1/OC(=O)c2cccc(OS(C)(=O)=O)c21. The van der Waals surface area contributed by atoms with E-state index in [0.29, 0.717) is 0 Å². The van der Waals surface area contributed by atoms with Crippen LogP contribution in [0, 0.1) is 0 Å². The first-order valence-electron chi connectivity index (χ1n) is 5.61. The van der Waals surface area contributed by atoms with Gasteiger partial charge in [-0.2, -0.15) is 8.42 Å². The van der Waals surface area contributed by atoms with E-state index in [9.17, 15) is 13.2 Å². The van der Waals surface area contributed by atoms with Crippen LogP contribution in [0.25, 0.3) is 0 Å². The van der Waals surface area contributed by atoms with Crippen molar-refractivity contribution in [3.05, 3.63) is 29.3 Å². The minimum absolute atomic E-state index is 0.0465. The monoisotopic (exact) mass is 283 g/mol. The Hall–Kier alpha value is -1.89. The number of esters is 1. The molecule has 0 atom stereocenters. The molecule has 0 saturated heterocycles. The lowest BCUT2D eigenvalue weighted by atomic mass is 10.1. The normalized spacial score (nSPS) is 16.6. The second-order valence-corrected chi connectivity index (χ2v) is 5.96. The first-order chi connectivity index (χ1) is 8.78. The van der Waals surface area contributed by atoms with E-state index in [1.54, 1.807) is 0 Å². The Morgan fingerprint density at radius 3 is 2.58 bits per heavy atom. The van der Waals surface area contributed by atoms with Crippen LogP contribution >= 0.6 is 0 Å². The first-order valence-corrected chi connectivity index (χ1v) is 7.42. The Labute approximate surface area is 111 Å². The van der Waals surface area contributed by atoms with Gasteiger partial charge in [-0.1, -0.05) is 6.07 Å². The molecule has 2 rings (SSSR count). The lowest BCUT2D eigenvalue weighted by molar-refractivity contribution is 0.0736. The number of cyclic esters (lactones) is 1. The molecule has 1 aliphatic rings. The fraction of sp³-hybridized carbons (Fsp3) is 0.333. The molecule has 7 heteroatoms. The maximum Gasteiger partial charge on any atom is 0.345 e. The summed E-state index contributed by atoms with van der Waals surface area (Å²) in [6.45, 7) is 3.64. The molecule has 0 N–H and O–H groups in total. The lowest BCUT2D eigenvalue weighted by Crippen LogP contribution is -2.10. The molecule has 0 saturated carbocycles. The van der Waals surface area contributed by atoms with Gasteiger partial charge in [0.05, 0.1) is 17.4 Å². The van der Waals surface area contributed by atoms with Gasteiger partial charge in [-0.15, -0.1) is 0 Å². The molecule has 1 aromatic rings. The minimum atomic E-state index is -3.69. The van der Waals surface area contributed by atoms with Crippen molar-refractivity contribution in [1.82, 2.24) is 0 Å². The molecule has 1 aliphatic heterocycles. The highest BCUT2D eigenvalue weighted by molar-refractivity contribution is 7.86. The molecule has 0 radical (unpaired) electrons. The van der Waals surface area contributed by atoms with Gasteiger partial charge in [0.25, 0.3) is 0 Å². The molecular weight excluding hydrogens is 270 g/mol. The number of rotatable bonds is 3. The molecule has 102 valence electrons. The van der Waals surface area contributed by atoms with Crippen LogP contribution in [0.2, 0.25) is 0 Å². The molecule has 0 fully saturated rings. The van der Waals surface area contributed by atoms with Crippen LogP contribution in [0.3, 0.4) is 0 Å². The molecule has 0 bridgehead atoms. The molecule has 0 amide bonds. The standard InChI is InChI=1S/C12H13NO5S/c1-7(2)13-11-10-8(12(14)17-11)5-4-6-9(10)18-19(3,15)16/h4-7H,1-3H3/b13-11+. The van der Waals surface area contributed by atoms with Crippen LogP contribution < -0.4 is 4.18 Å². The third kappa shape index (κ3) is 2.93. The fourth-order valence-corrected chi connectivity index (χ4v) is 2.14. The van der Waals surface area contributed by atoms with E-state index < -0.39 is 16.1 Å². The zero-order chi connectivity index (χ0) is 14.2. The van der Waals surface area contributed by atoms with Gasteiger partial charge in [0, 0.05) is 6.04 Å². The number of carbonyl (C=O) groups excluding carboxylic acids is 1. The Morgan fingerprint density at radius 2 is 2.00 bits per heavy atom. The summed E-state index contributed by atoms with van der Waals surface area (Å²) in [6, 6.07) is 4.42. The Morgan fingerprint density at radius 1 is 1.32 bits per heavy atom. The third-order valence-electron chi connectivity index (χ3n) is 2.27. The van der Waals surface area contributed by atoms with Crippen molar-refractivity contribution in [2.24, 2.45) is 4.99 Å². The molecular formula is C12H13NO5S. The molecule has 0 spiro atoms. The fourth-order valence-electron chi connectivity index (χ4n) is 1.67. The summed E-state index contributed by atoms with van der Waals surface area (Å²) in [5, 5.41) is 0. The number of benzene rings is 1. The zero-order valence-corrected chi connectivity index (χ0v) is 11.5. The van der Waals surface area contributed by atoms with E-state index in [1.165, 1.54) is 18.2 Å². The summed E-state index contributed by atoms with van der Waals surface area (Å²) in [4.78, 5) is 15.8. The maximum absolute atomic E-state index is 11.7. The van der Waals surface area contributed by atoms with Crippen LogP contribution in [0.1, 0.15) is 29.8 Å². The van der Waals surface area contributed by atoms with Crippen LogP contribution in [-0.2, 0) is 14.9 Å². The zero-order valence-electron chi connectivity index (χ0n) is 10.7. The quantitative estimate of drug-likeness (QED) is 0.617.